The lowest BCUT2D eigenvalue weighted by Crippen LogP contribution is -2.32. The van der Waals surface area contributed by atoms with Crippen molar-refractivity contribution in [2.24, 2.45) is 0 Å². The van der Waals surface area contributed by atoms with Gasteiger partial charge in [0, 0.05) is 24.5 Å². The molecule has 1 unspecified atom stereocenters. The number of aliphatic hydroxyl groups excluding tert-OH is 1. The highest BCUT2D eigenvalue weighted by Gasteiger charge is 2.45. The summed E-state index contributed by atoms with van der Waals surface area (Å²) in [5, 5.41) is 11.2. The Bertz CT molecular complexity index is 1020. The van der Waals surface area contributed by atoms with Crippen molar-refractivity contribution in [2.75, 3.05) is 27.2 Å². The third kappa shape index (κ3) is 4.99. The largest absolute Gasteiger partial charge is 0.507 e. The van der Waals surface area contributed by atoms with Crippen LogP contribution in [0.1, 0.15) is 43.0 Å². The van der Waals surface area contributed by atoms with Crippen LogP contribution in [0.5, 0.6) is 5.75 Å². The number of benzene rings is 1. The van der Waals surface area contributed by atoms with E-state index in [1.165, 1.54) is 0 Å². The maximum absolute atomic E-state index is 13.0. The zero-order chi connectivity index (χ0) is 23.4. The number of amides is 1. The third-order valence-corrected chi connectivity index (χ3v) is 5.38. The molecule has 0 saturated carbocycles. The van der Waals surface area contributed by atoms with Crippen LogP contribution in [0.3, 0.4) is 0 Å². The second-order valence-electron chi connectivity index (χ2n) is 8.58. The molecule has 1 aromatic carbocycles. The van der Waals surface area contributed by atoms with Crippen molar-refractivity contribution in [3.8, 4) is 5.75 Å². The van der Waals surface area contributed by atoms with Gasteiger partial charge in [-0.1, -0.05) is 0 Å². The van der Waals surface area contributed by atoms with Gasteiger partial charge in [-0.25, -0.2) is 0 Å². The van der Waals surface area contributed by atoms with Gasteiger partial charge in [-0.15, -0.1) is 0 Å². The molecule has 1 aliphatic rings. The smallest absolute Gasteiger partial charge is 0.295 e. The summed E-state index contributed by atoms with van der Waals surface area (Å²) in [6.07, 6.45) is 3.98. The summed E-state index contributed by atoms with van der Waals surface area (Å²) < 4.78 is 5.78. The van der Waals surface area contributed by atoms with Crippen LogP contribution >= 0.6 is 0 Å². The quantitative estimate of drug-likeness (QED) is 0.386. The maximum Gasteiger partial charge on any atom is 0.295 e. The van der Waals surface area contributed by atoms with Crippen LogP contribution < -0.4 is 4.74 Å². The lowest BCUT2D eigenvalue weighted by molar-refractivity contribution is -0.139. The first kappa shape index (κ1) is 23.5. The van der Waals surface area contributed by atoms with Gasteiger partial charge in [0.05, 0.1) is 17.7 Å². The second kappa shape index (κ2) is 9.96. The molecule has 1 atom stereocenters. The zero-order valence-corrected chi connectivity index (χ0v) is 19.3. The Hall–Kier alpha value is -3.19. The highest BCUT2D eigenvalue weighted by atomic mass is 16.5. The van der Waals surface area contributed by atoms with E-state index in [9.17, 15) is 14.7 Å². The number of hydrogen-bond donors (Lipinski definition) is 1. The van der Waals surface area contributed by atoms with Crippen LogP contribution in [0, 0.1) is 6.92 Å². The summed E-state index contributed by atoms with van der Waals surface area (Å²) >= 11 is 0. The third-order valence-electron chi connectivity index (χ3n) is 5.38. The van der Waals surface area contributed by atoms with Crippen molar-refractivity contribution < 1.29 is 19.4 Å². The molecule has 170 valence electrons. The van der Waals surface area contributed by atoms with Gasteiger partial charge in [0.2, 0.25) is 0 Å². The number of carbonyl (C=O) groups is 2. The van der Waals surface area contributed by atoms with E-state index in [-0.39, 0.29) is 17.4 Å². The number of ketones is 1. The van der Waals surface area contributed by atoms with E-state index >= 15 is 0 Å². The highest BCUT2D eigenvalue weighted by molar-refractivity contribution is 6.46. The fourth-order valence-electron chi connectivity index (χ4n) is 3.90. The molecule has 3 rings (SSSR count). The topological polar surface area (TPSA) is 83.0 Å². The molecule has 7 nitrogen and oxygen atoms in total. The number of Topliss-reactive ketones (excluding diaryl/α,β-unsaturated/α-hetero) is 1. The molecule has 0 aliphatic carbocycles. The van der Waals surface area contributed by atoms with Gasteiger partial charge in [0.25, 0.3) is 11.7 Å². The number of nitrogens with zero attached hydrogens (tertiary/aromatic N) is 3. The van der Waals surface area contributed by atoms with Gasteiger partial charge < -0.3 is 19.6 Å². The van der Waals surface area contributed by atoms with Crippen molar-refractivity contribution in [1.82, 2.24) is 14.8 Å². The monoisotopic (exact) mass is 437 g/mol. The number of rotatable bonds is 8. The van der Waals surface area contributed by atoms with E-state index in [4.69, 9.17) is 4.74 Å². The van der Waals surface area contributed by atoms with Crippen LogP contribution in [-0.2, 0) is 9.59 Å². The van der Waals surface area contributed by atoms with Gasteiger partial charge in [-0.2, -0.15) is 0 Å². The van der Waals surface area contributed by atoms with Crippen molar-refractivity contribution in [2.45, 2.75) is 39.3 Å². The molecule has 7 heteroatoms. The summed E-state index contributed by atoms with van der Waals surface area (Å²) in [6, 6.07) is 8.14. The van der Waals surface area contributed by atoms with Crippen LogP contribution in [0.4, 0.5) is 0 Å². The van der Waals surface area contributed by atoms with E-state index in [2.05, 4.69) is 4.98 Å². The normalized spacial score (nSPS) is 18.1. The Morgan fingerprint density at radius 3 is 2.47 bits per heavy atom. The van der Waals surface area contributed by atoms with Crippen LogP contribution in [0.25, 0.3) is 5.76 Å². The number of carbonyl (C=O) groups excluding carboxylic acids is 2. The molecule has 0 bridgehead atoms. The Balaban J connectivity index is 2.05. The zero-order valence-electron chi connectivity index (χ0n) is 19.3. The van der Waals surface area contributed by atoms with E-state index in [1.54, 1.807) is 47.6 Å². The van der Waals surface area contributed by atoms with Crippen LogP contribution in [0.15, 0.2) is 48.3 Å². The first-order valence-electron chi connectivity index (χ1n) is 10.8. The van der Waals surface area contributed by atoms with Crippen LogP contribution in [-0.4, -0.2) is 64.9 Å². The van der Waals surface area contributed by atoms with Crippen molar-refractivity contribution in [3.63, 3.8) is 0 Å². The van der Waals surface area contributed by atoms with Gasteiger partial charge in [-0.05, 0) is 89.3 Å². The summed E-state index contributed by atoms with van der Waals surface area (Å²) in [5.74, 6) is -0.733. The average Bonchev–Trinajstić information content (AvgIpc) is 2.99. The average molecular weight is 438 g/mol. The standard InChI is InChI=1S/C25H31N3O4/c1-16(2)32-20-8-7-19(15-17(20)3)23(29)21-22(18-9-11-26-12-10-18)28(25(31)24(21)30)14-6-13-27(4)5/h7-12,15-16,22,29H,6,13-14H2,1-5H3. The number of pyridine rings is 1. The van der Waals surface area contributed by atoms with E-state index in [0.717, 1.165) is 17.7 Å². The lowest BCUT2D eigenvalue weighted by atomic mass is 9.95. The molecule has 0 radical (unpaired) electrons. The number of ether oxygens (including phenoxy) is 1. The van der Waals surface area contributed by atoms with E-state index in [1.807, 2.05) is 39.8 Å². The number of aryl methyl sites for hydroxylation is 1. The van der Waals surface area contributed by atoms with Gasteiger partial charge in [0.1, 0.15) is 11.5 Å². The van der Waals surface area contributed by atoms with E-state index < -0.39 is 17.7 Å². The first-order valence-corrected chi connectivity index (χ1v) is 10.8. The molecule has 2 heterocycles. The molecule has 1 fully saturated rings. The fraction of sp³-hybridized carbons (Fsp3) is 0.400. The molecule has 1 aliphatic heterocycles. The number of likely N-dealkylation sites (tertiary alicyclic amines) is 1. The summed E-state index contributed by atoms with van der Waals surface area (Å²) in [5.41, 5.74) is 2.15. The minimum atomic E-state index is -0.672. The second-order valence-corrected chi connectivity index (χ2v) is 8.58. The predicted octanol–water partition coefficient (Wildman–Crippen LogP) is 3.55. The Morgan fingerprint density at radius 2 is 1.88 bits per heavy atom. The van der Waals surface area contributed by atoms with E-state index in [0.29, 0.717) is 24.3 Å². The molecule has 2 aromatic rings. The number of aromatic nitrogens is 1. The summed E-state index contributed by atoms with van der Waals surface area (Å²) in [4.78, 5) is 33.6. The molecule has 32 heavy (non-hydrogen) atoms. The van der Waals surface area contributed by atoms with Crippen molar-refractivity contribution in [3.05, 3.63) is 65.0 Å². The first-order chi connectivity index (χ1) is 15.2. The highest BCUT2D eigenvalue weighted by Crippen LogP contribution is 2.39. The Labute approximate surface area is 189 Å². The lowest BCUT2D eigenvalue weighted by Gasteiger charge is -2.25. The van der Waals surface area contributed by atoms with Crippen LogP contribution in [0.2, 0.25) is 0 Å². The number of aliphatic hydroxyl groups is 1. The molecule has 1 saturated heterocycles. The molecule has 0 spiro atoms. The molecular formula is C25H31N3O4. The summed E-state index contributed by atoms with van der Waals surface area (Å²) in [6.45, 7) is 6.96. The van der Waals surface area contributed by atoms with Gasteiger partial charge in [-0.3, -0.25) is 14.6 Å². The minimum absolute atomic E-state index is 0.0207. The molecular weight excluding hydrogens is 406 g/mol. The SMILES string of the molecule is Cc1cc(C(O)=C2C(=O)C(=O)N(CCCN(C)C)C2c2ccncc2)ccc1OC(C)C. The predicted molar refractivity (Wildman–Crippen MR) is 123 cm³/mol. The number of hydrogen-bond acceptors (Lipinski definition) is 6. The van der Waals surface area contributed by atoms with Crippen molar-refractivity contribution in [1.29, 1.82) is 0 Å². The van der Waals surface area contributed by atoms with Gasteiger partial charge in [0.15, 0.2) is 0 Å². The molecule has 1 N–H and O–H groups in total. The molecule has 1 aromatic heterocycles. The van der Waals surface area contributed by atoms with Gasteiger partial charge >= 0.3 is 0 Å². The Morgan fingerprint density at radius 1 is 1.19 bits per heavy atom. The summed E-state index contributed by atoms with van der Waals surface area (Å²) in [7, 11) is 3.92. The Kier molecular flexibility index (Phi) is 7.30. The molecule has 1 amide bonds. The minimum Gasteiger partial charge on any atom is -0.507 e. The van der Waals surface area contributed by atoms with Crippen molar-refractivity contribution >= 4 is 17.4 Å². The maximum atomic E-state index is 13.0. The fourth-order valence-corrected chi connectivity index (χ4v) is 3.90.